The van der Waals surface area contributed by atoms with E-state index in [9.17, 15) is 9.90 Å². The molecule has 3 heteroatoms. The lowest BCUT2D eigenvalue weighted by Gasteiger charge is -2.28. The van der Waals surface area contributed by atoms with E-state index in [4.69, 9.17) is 0 Å². The smallest absolute Gasteiger partial charge is 0.310 e. The van der Waals surface area contributed by atoms with Gasteiger partial charge in [-0.15, -0.1) is 0 Å². The van der Waals surface area contributed by atoms with Crippen molar-refractivity contribution in [1.82, 2.24) is 4.90 Å². The molecule has 20 heavy (non-hydrogen) atoms. The van der Waals surface area contributed by atoms with Crippen LogP contribution >= 0.6 is 0 Å². The molecule has 2 aliphatic rings. The highest BCUT2D eigenvalue weighted by molar-refractivity contribution is 5.75. The minimum Gasteiger partial charge on any atom is -0.481 e. The fraction of sp³-hybridized carbons (Fsp3) is 0.588. The minimum atomic E-state index is -0.604. The predicted molar refractivity (Wildman–Crippen MR) is 78.7 cm³/mol. The zero-order valence-corrected chi connectivity index (χ0v) is 12.1. The lowest BCUT2D eigenvalue weighted by Crippen LogP contribution is -2.35. The molecule has 1 aromatic carbocycles. The van der Waals surface area contributed by atoms with E-state index < -0.39 is 11.4 Å². The van der Waals surface area contributed by atoms with E-state index in [2.05, 4.69) is 36.1 Å². The number of likely N-dealkylation sites (tertiary alicyclic amines) is 1. The number of rotatable bonds is 4. The standard InChI is InChI=1S/C17H23NO2/c1-2-9-17(16(19)20)10-11-18(12-17)15-8-7-13-5-3-4-6-14(13)15/h3-6,15H,2,7-12H2,1H3,(H,19,20). The number of nitrogens with zero attached hydrogens (tertiary/aromatic N) is 1. The second-order valence-electron chi connectivity index (χ2n) is 6.31. The van der Waals surface area contributed by atoms with Gasteiger partial charge < -0.3 is 5.11 Å². The molecule has 1 N–H and O–H groups in total. The zero-order chi connectivity index (χ0) is 14.2. The molecule has 0 amide bonds. The van der Waals surface area contributed by atoms with Crippen LogP contribution < -0.4 is 0 Å². The number of carboxylic acid groups (broad SMARTS) is 1. The summed E-state index contributed by atoms with van der Waals surface area (Å²) in [5.74, 6) is -0.604. The number of benzene rings is 1. The van der Waals surface area contributed by atoms with E-state index in [0.717, 1.165) is 45.2 Å². The Morgan fingerprint density at radius 2 is 2.25 bits per heavy atom. The van der Waals surface area contributed by atoms with Gasteiger partial charge in [0.1, 0.15) is 0 Å². The topological polar surface area (TPSA) is 40.5 Å². The van der Waals surface area contributed by atoms with Crippen molar-refractivity contribution in [3.05, 3.63) is 35.4 Å². The van der Waals surface area contributed by atoms with Gasteiger partial charge in [-0.3, -0.25) is 9.69 Å². The highest BCUT2D eigenvalue weighted by Gasteiger charge is 2.46. The summed E-state index contributed by atoms with van der Waals surface area (Å²) in [7, 11) is 0. The monoisotopic (exact) mass is 273 g/mol. The molecule has 0 saturated carbocycles. The lowest BCUT2D eigenvalue weighted by atomic mass is 9.82. The first-order chi connectivity index (χ1) is 9.66. The first-order valence-corrected chi connectivity index (χ1v) is 7.71. The molecule has 2 atom stereocenters. The molecule has 1 aliphatic carbocycles. The van der Waals surface area contributed by atoms with Crippen LogP contribution in [0.5, 0.6) is 0 Å². The van der Waals surface area contributed by atoms with Crippen molar-refractivity contribution in [1.29, 1.82) is 0 Å². The highest BCUT2D eigenvalue weighted by atomic mass is 16.4. The van der Waals surface area contributed by atoms with E-state index in [1.807, 2.05) is 0 Å². The second-order valence-corrected chi connectivity index (χ2v) is 6.31. The molecule has 1 fully saturated rings. The Morgan fingerprint density at radius 3 is 3.00 bits per heavy atom. The van der Waals surface area contributed by atoms with E-state index in [-0.39, 0.29) is 0 Å². The Morgan fingerprint density at radius 1 is 1.45 bits per heavy atom. The maximum Gasteiger partial charge on any atom is 0.310 e. The zero-order valence-electron chi connectivity index (χ0n) is 12.1. The molecule has 1 aliphatic heterocycles. The minimum absolute atomic E-state index is 0.435. The van der Waals surface area contributed by atoms with Crippen molar-refractivity contribution >= 4 is 5.97 Å². The molecule has 0 radical (unpaired) electrons. The number of aryl methyl sites for hydroxylation is 1. The van der Waals surface area contributed by atoms with E-state index in [1.165, 1.54) is 11.1 Å². The normalized spacial score (nSPS) is 29.6. The van der Waals surface area contributed by atoms with Crippen molar-refractivity contribution in [2.45, 2.75) is 45.1 Å². The van der Waals surface area contributed by atoms with Gasteiger partial charge in [0.15, 0.2) is 0 Å². The molecule has 0 spiro atoms. The van der Waals surface area contributed by atoms with Gasteiger partial charge in [0, 0.05) is 12.6 Å². The third-order valence-corrected chi connectivity index (χ3v) is 5.11. The Labute approximate surface area is 120 Å². The van der Waals surface area contributed by atoms with Gasteiger partial charge in [0.05, 0.1) is 5.41 Å². The Hall–Kier alpha value is -1.35. The van der Waals surface area contributed by atoms with Gasteiger partial charge >= 0.3 is 5.97 Å². The molecule has 108 valence electrons. The summed E-state index contributed by atoms with van der Waals surface area (Å²) in [5.41, 5.74) is 2.36. The van der Waals surface area contributed by atoms with E-state index >= 15 is 0 Å². The van der Waals surface area contributed by atoms with Crippen LogP contribution in [0.1, 0.15) is 49.8 Å². The third-order valence-electron chi connectivity index (χ3n) is 5.11. The third kappa shape index (κ3) is 2.14. The molecule has 3 rings (SSSR count). The molecular weight excluding hydrogens is 250 g/mol. The summed E-state index contributed by atoms with van der Waals surface area (Å²) in [6, 6.07) is 9.06. The SMILES string of the molecule is CCCC1(C(=O)O)CCN(C2CCc3ccccc32)C1. The molecule has 2 unspecified atom stereocenters. The number of carboxylic acids is 1. The van der Waals surface area contributed by atoms with E-state index in [0.29, 0.717) is 6.04 Å². The van der Waals surface area contributed by atoms with E-state index in [1.54, 1.807) is 0 Å². The van der Waals surface area contributed by atoms with Crippen LogP contribution in [0.3, 0.4) is 0 Å². The number of fused-ring (bicyclic) bond motifs is 1. The van der Waals surface area contributed by atoms with Gasteiger partial charge in [-0.2, -0.15) is 0 Å². The summed E-state index contributed by atoms with van der Waals surface area (Å²) >= 11 is 0. The Balaban J connectivity index is 1.80. The highest BCUT2D eigenvalue weighted by Crippen LogP contribution is 2.43. The van der Waals surface area contributed by atoms with Crippen LogP contribution in [0, 0.1) is 5.41 Å². The molecule has 1 heterocycles. The lowest BCUT2D eigenvalue weighted by molar-refractivity contribution is -0.148. The van der Waals surface area contributed by atoms with Gasteiger partial charge in [-0.1, -0.05) is 37.6 Å². The maximum atomic E-state index is 11.7. The average molecular weight is 273 g/mol. The summed E-state index contributed by atoms with van der Waals surface area (Å²) in [6.07, 6.45) is 4.82. The first kappa shape index (κ1) is 13.6. The summed E-state index contributed by atoms with van der Waals surface area (Å²) in [6.45, 7) is 3.72. The van der Waals surface area contributed by atoms with Crippen molar-refractivity contribution in [3.63, 3.8) is 0 Å². The molecule has 3 nitrogen and oxygen atoms in total. The molecule has 1 saturated heterocycles. The molecule has 1 aromatic rings. The Bertz CT molecular complexity index is 513. The number of hydrogen-bond donors (Lipinski definition) is 1. The quantitative estimate of drug-likeness (QED) is 0.915. The van der Waals surface area contributed by atoms with Crippen LogP contribution in [0.2, 0.25) is 0 Å². The van der Waals surface area contributed by atoms with Crippen LogP contribution in [0.25, 0.3) is 0 Å². The number of aliphatic carboxylic acids is 1. The predicted octanol–water partition coefficient (Wildman–Crippen LogP) is 3.25. The van der Waals surface area contributed by atoms with Crippen LogP contribution in [0.15, 0.2) is 24.3 Å². The summed E-state index contributed by atoms with van der Waals surface area (Å²) < 4.78 is 0. The number of hydrogen-bond acceptors (Lipinski definition) is 2. The summed E-state index contributed by atoms with van der Waals surface area (Å²) in [5, 5.41) is 9.62. The van der Waals surface area contributed by atoms with Crippen molar-refractivity contribution in [3.8, 4) is 0 Å². The number of carbonyl (C=O) groups is 1. The largest absolute Gasteiger partial charge is 0.481 e. The molecule has 0 aromatic heterocycles. The average Bonchev–Trinajstić information content (AvgIpc) is 3.03. The summed E-state index contributed by atoms with van der Waals surface area (Å²) in [4.78, 5) is 14.1. The van der Waals surface area contributed by atoms with Gasteiger partial charge in [0.2, 0.25) is 0 Å². The van der Waals surface area contributed by atoms with Gasteiger partial charge in [0.25, 0.3) is 0 Å². The fourth-order valence-electron chi connectivity index (χ4n) is 4.05. The molecular formula is C17H23NO2. The Kier molecular flexibility index (Phi) is 3.55. The second kappa shape index (κ2) is 5.21. The van der Waals surface area contributed by atoms with Gasteiger partial charge in [-0.25, -0.2) is 0 Å². The van der Waals surface area contributed by atoms with Crippen LogP contribution in [-0.4, -0.2) is 29.1 Å². The maximum absolute atomic E-state index is 11.7. The van der Waals surface area contributed by atoms with Gasteiger partial charge in [-0.05, 0) is 43.4 Å². The van der Waals surface area contributed by atoms with Crippen LogP contribution in [-0.2, 0) is 11.2 Å². The molecule has 0 bridgehead atoms. The van der Waals surface area contributed by atoms with Crippen molar-refractivity contribution in [2.24, 2.45) is 5.41 Å². The fourth-order valence-corrected chi connectivity index (χ4v) is 4.05. The van der Waals surface area contributed by atoms with Crippen molar-refractivity contribution in [2.75, 3.05) is 13.1 Å². The first-order valence-electron chi connectivity index (χ1n) is 7.71. The van der Waals surface area contributed by atoms with Crippen molar-refractivity contribution < 1.29 is 9.90 Å². The van der Waals surface area contributed by atoms with Crippen LogP contribution in [0.4, 0.5) is 0 Å².